The maximum Gasteiger partial charge on any atom is 0.601 e. The Hall–Kier alpha value is -1.55. The highest BCUT2D eigenvalue weighted by atomic mass is 32.2. The number of benzene rings is 2. The molecule has 1 heterocycles. The third-order valence-electron chi connectivity index (χ3n) is 3.29. The third-order valence-corrected chi connectivity index (χ3v) is 5.50. The number of aryl methyl sites for hydroxylation is 2. The van der Waals surface area contributed by atoms with Gasteiger partial charge < -0.3 is 0 Å². The molecule has 0 aliphatic rings. The summed E-state index contributed by atoms with van der Waals surface area (Å²) in [5.74, 6) is 0. The van der Waals surface area contributed by atoms with E-state index in [1.165, 1.54) is 0 Å². The van der Waals surface area contributed by atoms with Crippen molar-refractivity contribution >= 4 is 30.6 Å². The van der Waals surface area contributed by atoms with Crippen molar-refractivity contribution in [2.45, 2.75) is 19.4 Å². The second-order valence-electron chi connectivity index (χ2n) is 4.70. The smallest absolute Gasteiger partial charge is 0.118 e. The molecule has 1 unspecified atom stereocenters. The Morgan fingerprint density at radius 3 is 2.37 bits per heavy atom. The minimum absolute atomic E-state index is 0.405. The molecule has 2 aromatic carbocycles. The second kappa shape index (κ2) is 3.97. The summed E-state index contributed by atoms with van der Waals surface area (Å²) in [6, 6.07) is 10.6. The van der Waals surface area contributed by atoms with E-state index in [4.69, 9.17) is 0 Å². The summed E-state index contributed by atoms with van der Waals surface area (Å²) in [6.45, 7) is 3.66. The lowest BCUT2D eigenvalue weighted by molar-refractivity contribution is -0.0862. The third kappa shape index (κ3) is 1.82. The lowest BCUT2D eigenvalue weighted by Crippen LogP contribution is -1.95. The van der Waals surface area contributed by atoms with Gasteiger partial charge in [0.2, 0.25) is 0 Å². The van der Waals surface area contributed by atoms with E-state index >= 15 is 0 Å². The molecule has 0 aliphatic carbocycles. The van der Waals surface area contributed by atoms with Gasteiger partial charge in [0.25, 0.3) is 0 Å². The quantitative estimate of drug-likeness (QED) is 0.454. The first-order chi connectivity index (χ1) is 8.89. The van der Waals surface area contributed by atoms with Gasteiger partial charge in [-0.2, -0.15) is 0 Å². The Labute approximate surface area is 111 Å². The number of alkyl halides is 3. The molecule has 0 bridgehead atoms. The van der Waals surface area contributed by atoms with Gasteiger partial charge >= 0.3 is 5.51 Å². The van der Waals surface area contributed by atoms with Gasteiger partial charge in [0.1, 0.15) is 10.5 Å². The summed E-state index contributed by atoms with van der Waals surface area (Å²) in [6.07, 6.45) is 0. The first kappa shape index (κ1) is 12.5. The Balaban J connectivity index is 2.63. The summed E-state index contributed by atoms with van der Waals surface area (Å²) in [7, 11) is -1.81. The normalized spacial score (nSPS) is 13.4. The fraction of sp³-hybridized carbons (Fsp3) is 0.200. The second-order valence-corrected chi connectivity index (χ2v) is 6.63. The van der Waals surface area contributed by atoms with Gasteiger partial charge in [0.05, 0.1) is 0 Å². The van der Waals surface area contributed by atoms with Gasteiger partial charge in [0, 0.05) is 16.3 Å². The van der Waals surface area contributed by atoms with Crippen LogP contribution in [0, 0.1) is 13.8 Å². The molecular weight excluding hydrogens is 269 g/mol. The highest BCUT2D eigenvalue weighted by molar-refractivity contribution is 7.44. The molecule has 0 fully saturated rings. The number of halogens is 3. The average Bonchev–Trinajstić information content (AvgIpc) is 2.64. The van der Waals surface area contributed by atoms with Gasteiger partial charge in [-0.15, -0.1) is 13.2 Å². The predicted molar refractivity (Wildman–Crippen MR) is 74.7 cm³/mol. The number of fused-ring (bicyclic) bond motifs is 3. The van der Waals surface area contributed by atoms with E-state index in [-0.39, 0.29) is 0 Å². The van der Waals surface area contributed by atoms with Gasteiger partial charge in [-0.05, 0) is 32.0 Å². The lowest BCUT2D eigenvalue weighted by atomic mass is 10.1. The van der Waals surface area contributed by atoms with Gasteiger partial charge in [-0.25, -0.2) is 0 Å². The Kier molecular flexibility index (Phi) is 2.61. The zero-order valence-corrected chi connectivity index (χ0v) is 11.3. The lowest BCUT2D eigenvalue weighted by Gasteiger charge is -1.98. The largest absolute Gasteiger partial charge is 0.601 e. The molecular formula is C15H12F3S+. The fourth-order valence-electron chi connectivity index (χ4n) is 2.52. The van der Waals surface area contributed by atoms with Crippen LogP contribution >= 0.6 is 10.5 Å². The molecule has 0 spiro atoms. The van der Waals surface area contributed by atoms with Crippen molar-refractivity contribution in [2.24, 2.45) is 0 Å². The molecule has 0 aliphatic heterocycles. The van der Waals surface area contributed by atoms with Crippen molar-refractivity contribution in [1.29, 1.82) is 0 Å². The zero-order valence-electron chi connectivity index (χ0n) is 10.5. The zero-order chi connectivity index (χ0) is 13.8. The molecule has 1 atom stereocenters. The molecule has 4 heteroatoms. The van der Waals surface area contributed by atoms with Crippen molar-refractivity contribution < 1.29 is 13.2 Å². The van der Waals surface area contributed by atoms with Crippen molar-refractivity contribution in [1.82, 2.24) is 0 Å². The molecule has 98 valence electrons. The average molecular weight is 281 g/mol. The monoisotopic (exact) mass is 281 g/mol. The highest BCUT2D eigenvalue weighted by Gasteiger charge is 2.48. The van der Waals surface area contributed by atoms with Crippen LogP contribution in [0.25, 0.3) is 20.2 Å². The Morgan fingerprint density at radius 2 is 1.68 bits per heavy atom. The number of rotatable bonds is 0. The number of hydrogen-bond acceptors (Lipinski definition) is 0. The van der Waals surface area contributed by atoms with E-state index in [1.807, 2.05) is 19.1 Å². The number of thiophene rings is 1. The van der Waals surface area contributed by atoms with Crippen LogP contribution in [-0.4, -0.2) is 0 Å². The summed E-state index contributed by atoms with van der Waals surface area (Å²) >= 11 is 0. The molecule has 3 rings (SSSR count). The summed E-state index contributed by atoms with van der Waals surface area (Å²) in [4.78, 5) is 0. The van der Waals surface area contributed by atoms with Gasteiger partial charge in [0.15, 0.2) is 9.40 Å². The summed E-state index contributed by atoms with van der Waals surface area (Å²) in [5.41, 5.74) is -2.52. The van der Waals surface area contributed by atoms with E-state index in [1.54, 1.807) is 31.2 Å². The summed E-state index contributed by atoms with van der Waals surface area (Å²) in [5, 5.41) is 1.47. The van der Waals surface area contributed by atoms with Gasteiger partial charge in [-0.3, -0.25) is 0 Å². The molecule has 1 aromatic heterocycles. The number of hydrogen-bond donors (Lipinski definition) is 0. The molecule has 0 N–H and O–H groups in total. The van der Waals surface area contributed by atoms with Crippen molar-refractivity contribution in [3.8, 4) is 0 Å². The fourth-order valence-corrected chi connectivity index (χ4v) is 4.60. The van der Waals surface area contributed by atoms with Crippen LogP contribution in [0.1, 0.15) is 11.1 Å². The Bertz CT molecular complexity index is 781. The van der Waals surface area contributed by atoms with Crippen LogP contribution in [0.4, 0.5) is 13.2 Å². The van der Waals surface area contributed by atoms with E-state index in [2.05, 4.69) is 0 Å². The van der Waals surface area contributed by atoms with Crippen LogP contribution < -0.4 is 0 Å². The van der Waals surface area contributed by atoms with Crippen LogP contribution in [0.2, 0.25) is 0 Å². The first-order valence-corrected chi connectivity index (χ1v) is 7.14. The predicted octanol–water partition coefficient (Wildman–Crippen LogP) is 5.84. The molecule has 0 radical (unpaired) electrons. The Morgan fingerprint density at radius 1 is 0.947 bits per heavy atom. The van der Waals surface area contributed by atoms with Crippen LogP contribution in [0.3, 0.4) is 0 Å². The molecule has 0 saturated heterocycles. The van der Waals surface area contributed by atoms with E-state index in [0.717, 1.165) is 16.3 Å². The molecule has 3 aromatic rings. The standard InChI is InChI=1S/C15H12F3S/c1-9-6-7-13-12(8-9)11-5-3-4-10(2)14(11)19(13)15(16,17)18/h3-8H,1-2H3/q+1. The molecule has 0 nitrogen and oxygen atoms in total. The minimum atomic E-state index is -4.22. The van der Waals surface area contributed by atoms with E-state index in [0.29, 0.717) is 15.0 Å². The van der Waals surface area contributed by atoms with Crippen molar-refractivity contribution in [3.05, 3.63) is 47.5 Å². The molecule has 0 amide bonds. The van der Waals surface area contributed by atoms with Gasteiger partial charge in [-0.1, -0.05) is 23.8 Å². The molecule has 19 heavy (non-hydrogen) atoms. The maximum atomic E-state index is 13.4. The van der Waals surface area contributed by atoms with Crippen molar-refractivity contribution in [2.75, 3.05) is 0 Å². The summed E-state index contributed by atoms with van der Waals surface area (Å²) < 4.78 is 41.1. The SMILES string of the molecule is Cc1ccc2c(c1)c1cccc(C)c1[s+]2C(F)(F)F. The van der Waals surface area contributed by atoms with Crippen LogP contribution in [-0.2, 0) is 5.51 Å². The highest BCUT2D eigenvalue weighted by Crippen LogP contribution is 2.54. The maximum absolute atomic E-state index is 13.4. The van der Waals surface area contributed by atoms with Crippen LogP contribution in [0.15, 0.2) is 36.4 Å². The van der Waals surface area contributed by atoms with E-state index in [9.17, 15) is 13.2 Å². The van der Waals surface area contributed by atoms with E-state index < -0.39 is 16.0 Å². The topological polar surface area (TPSA) is 0 Å². The van der Waals surface area contributed by atoms with Crippen molar-refractivity contribution in [3.63, 3.8) is 0 Å². The van der Waals surface area contributed by atoms with Crippen LogP contribution in [0.5, 0.6) is 0 Å². The minimum Gasteiger partial charge on any atom is -0.118 e. The first-order valence-electron chi connectivity index (χ1n) is 5.91. The molecule has 0 saturated carbocycles.